The number of carboxylic acid groups (broad SMARTS) is 1. The van der Waals surface area contributed by atoms with Crippen molar-refractivity contribution in [2.75, 3.05) is 13.1 Å². The Kier molecular flexibility index (Phi) is 4.74. The zero-order valence-electron chi connectivity index (χ0n) is 11.6. The van der Waals surface area contributed by atoms with E-state index < -0.39 is 11.4 Å². The molecule has 0 bridgehead atoms. The molecule has 0 aliphatic carbocycles. The molecular weight excluding hydrogens is 510 g/mol. The summed E-state index contributed by atoms with van der Waals surface area (Å²) in [6.07, 6.45) is 3.57. The number of piperidine rings is 1. The van der Waals surface area contributed by atoms with Gasteiger partial charge in [-0.15, -0.1) is 0 Å². The maximum atomic E-state index is 12.4. The summed E-state index contributed by atoms with van der Waals surface area (Å²) in [5.74, 6) is -1.17. The minimum absolute atomic E-state index is 0.153. The Labute approximate surface area is 154 Å². The van der Waals surface area contributed by atoms with E-state index in [4.69, 9.17) is 0 Å². The summed E-state index contributed by atoms with van der Waals surface area (Å²) in [5.41, 5.74) is 0.256. The minimum Gasteiger partial charge on any atom is -0.477 e. The summed E-state index contributed by atoms with van der Waals surface area (Å²) < 4.78 is 5.11. The Morgan fingerprint density at radius 3 is 2.82 bits per heavy atom. The van der Waals surface area contributed by atoms with Gasteiger partial charge in [-0.1, -0.05) is 0 Å². The van der Waals surface area contributed by atoms with E-state index in [-0.39, 0.29) is 11.6 Å². The second kappa shape index (κ2) is 6.44. The third-order valence-electron chi connectivity index (χ3n) is 3.96. The third-order valence-corrected chi connectivity index (χ3v) is 5.51. The Balaban J connectivity index is 2.26. The van der Waals surface area contributed by atoms with E-state index in [9.17, 15) is 14.7 Å². The summed E-state index contributed by atoms with van der Waals surface area (Å²) in [5, 5.41) is 9.83. The van der Waals surface area contributed by atoms with E-state index >= 15 is 0 Å². The SMILES string of the molecule is O=C(O)c1cn(C2CCCN(I)C2)c2ccc(I)cc2c1=O. The first-order chi connectivity index (χ1) is 10.5. The number of pyridine rings is 1. The van der Waals surface area contributed by atoms with Crippen molar-refractivity contribution >= 4 is 62.3 Å². The summed E-state index contributed by atoms with van der Waals surface area (Å²) >= 11 is 4.44. The molecule has 0 spiro atoms. The molecule has 1 unspecified atom stereocenters. The molecule has 5 nitrogen and oxygen atoms in total. The van der Waals surface area contributed by atoms with Crippen molar-refractivity contribution in [3.05, 3.63) is 43.8 Å². The second-order valence-corrected chi connectivity index (χ2v) is 8.02. The number of hydrogen-bond donors (Lipinski definition) is 1. The molecule has 1 aliphatic heterocycles. The number of halogens is 2. The van der Waals surface area contributed by atoms with Crippen LogP contribution in [-0.2, 0) is 0 Å². The highest BCUT2D eigenvalue weighted by Crippen LogP contribution is 2.27. The summed E-state index contributed by atoms with van der Waals surface area (Å²) in [6, 6.07) is 5.82. The van der Waals surface area contributed by atoms with Crippen LogP contribution in [0.4, 0.5) is 0 Å². The minimum atomic E-state index is -1.17. The quantitative estimate of drug-likeness (QED) is 0.485. The van der Waals surface area contributed by atoms with Crippen molar-refractivity contribution < 1.29 is 9.90 Å². The summed E-state index contributed by atoms with van der Waals surface area (Å²) in [4.78, 5) is 23.8. The van der Waals surface area contributed by atoms with Gasteiger partial charge in [0.05, 0.1) is 5.52 Å². The molecule has 0 radical (unpaired) electrons. The fourth-order valence-corrected chi connectivity index (χ4v) is 4.21. The van der Waals surface area contributed by atoms with Gasteiger partial charge >= 0.3 is 5.97 Å². The van der Waals surface area contributed by atoms with Crippen LogP contribution in [0.5, 0.6) is 0 Å². The standard InChI is InChI=1S/C15H14I2N2O3/c16-9-3-4-13-11(6-9)14(20)12(15(21)22)8-19(13)10-2-1-5-18(17)7-10/h3-4,6,8,10H,1-2,5,7H2,(H,21,22). The van der Waals surface area contributed by atoms with E-state index in [0.29, 0.717) is 5.39 Å². The van der Waals surface area contributed by atoms with Crippen molar-refractivity contribution in [2.24, 2.45) is 0 Å². The summed E-state index contributed by atoms with van der Waals surface area (Å²) in [7, 11) is 0. The molecule has 1 saturated heterocycles. The van der Waals surface area contributed by atoms with Crippen LogP contribution >= 0.6 is 45.5 Å². The average Bonchev–Trinajstić information content (AvgIpc) is 2.47. The van der Waals surface area contributed by atoms with Gasteiger partial charge in [0.2, 0.25) is 5.43 Å². The molecule has 1 aromatic heterocycles. The molecular formula is C15H14I2N2O3. The second-order valence-electron chi connectivity index (χ2n) is 5.41. The van der Waals surface area contributed by atoms with Gasteiger partial charge in [-0.05, 0) is 53.6 Å². The molecule has 22 heavy (non-hydrogen) atoms. The lowest BCUT2D eigenvalue weighted by atomic mass is 10.0. The molecule has 1 aromatic carbocycles. The Hall–Kier alpha value is -0.680. The van der Waals surface area contributed by atoms with E-state index in [2.05, 4.69) is 48.6 Å². The zero-order valence-corrected chi connectivity index (χ0v) is 15.9. The lowest BCUT2D eigenvalue weighted by Crippen LogP contribution is -2.31. The van der Waals surface area contributed by atoms with E-state index in [1.165, 1.54) is 6.20 Å². The van der Waals surface area contributed by atoms with Crippen molar-refractivity contribution in [3.63, 3.8) is 0 Å². The largest absolute Gasteiger partial charge is 0.477 e. The average molecular weight is 524 g/mol. The first-order valence-electron chi connectivity index (χ1n) is 6.96. The van der Waals surface area contributed by atoms with E-state index in [1.54, 1.807) is 6.07 Å². The van der Waals surface area contributed by atoms with Crippen LogP contribution in [-0.4, -0.2) is 31.8 Å². The number of hydrogen-bond acceptors (Lipinski definition) is 3. The van der Waals surface area contributed by atoms with Crippen molar-refractivity contribution in [1.82, 2.24) is 7.68 Å². The lowest BCUT2D eigenvalue weighted by molar-refractivity contribution is 0.0694. The van der Waals surface area contributed by atoms with Gasteiger partial charge in [-0.2, -0.15) is 0 Å². The van der Waals surface area contributed by atoms with Gasteiger partial charge in [0.1, 0.15) is 5.56 Å². The number of rotatable bonds is 2. The van der Waals surface area contributed by atoms with Crippen LogP contribution in [0.1, 0.15) is 29.2 Å². The highest BCUT2D eigenvalue weighted by Gasteiger charge is 2.23. The van der Waals surface area contributed by atoms with Crippen LogP contribution < -0.4 is 5.43 Å². The van der Waals surface area contributed by atoms with E-state index in [0.717, 1.165) is 35.0 Å². The first kappa shape index (κ1) is 16.2. The molecule has 3 rings (SSSR count). The molecule has 0 amide bonds. The van der Waals surface area contributed by atoms with Gasteiger partial charge < -0.3 is 9.67 Å². The third kappa shape index (κ3) is 3.02. The summed E-state index contributed by atoms with van der Waals surface area (Å²) in [6.45, 7) is 1.89. The molecule has 1 fully saturated rings. The fourth-order valence-electron chi connectivity index (χ4n) is 2.92. The van der Waals surface area contributed by atoms with Crippen LogP contribution in [0.2, 0.25) is 0 Å². The Morgan fingerprint density at radius 1 is 1.36 bits per heavy atom. The number of nitrogens with zero attached hydrogens (tertiary/aromatic N) is 2. The maximum absolute atomic E-state index is 12.4. The monoisotopic (exact) mass is 524 g/mol. The smallest absolute Gasteiger partial charge is 0.341 e. The number of benzene rings is 1. The van der Waals surface area contributed by atoms with Gasteiger partial charge in [0, 0.05) is 57.1 Å². The lowest BCUT2D eigenvalue weighted by Gasteiger charge is -2.31. The highest BCUT2D eigenvalue weighted by molar-refractivity contribution is 14.1. The number of aromatic carboxylic acids is 1. The van der Waals surface area contributed by atoms with Crippen molar-refractivity contribution in [1.29, 1.82) is 0 Å². The molecule has 2 aromatic rings. The topological polar surface area (TPSA) is 62.5 Å². The number of carboxylic acids is 1. The Bertz CT molecular complexity index is 803. The van der Waals surface area contributed by atoms with Gasteiger partial charge in [0.15, 0.2) is 0 Å². The van der Waals surface area contributed by atoms with Crippen LogP contribution in [0.25, 0.3) is 10.9 Å². The van der Waals surface area contributed by atoms with Gasteiger partial charge in [-0.3, -0.25) is 4.79 Å². The van der Waals surface area contributed by atoms with Gasteiger partial charge in [-0.25, -0.2) is 7.91 Å². The van der Waals surface area contributed by atoms with Crippen LogP contribution in [0, 0.1) is 3.57 Å². The number of fused-ring (bicyclic) bond motifs is 1. The zero-order chi connectivity index (χ0) is 15.9. The molecule has 2 heterocycles. The molecule has 1 N–H and O–H groups in total. The molecule has 1 aliphatic rings. The van der Waals surface area contributed by atoms with Crippen molar-refractivity contribution in [2.45, 2.75) is 18.9 Å². The molecule has 0 saturated carbocycles. The molecule has 116 valence electrons. The number of aromatic nitrogens is 1. The predicted octanol–water partition coefficient (Wildman–Crippen LogP) is 3.29. The van der Waals surface area contributed by atoms with Crippen LogP contribution in [0.15, 0.2) is 29.2 Å². The van der Waals surface area contributed by atoms with Crippen LogP contribution in [0.3, 0.4) is 0 Å². The first-order valence-corrected chi connectivity index (χ1v) is 9.00. The predicted molar refractivity (Wildman–Crippen MR) is 102 cm³/mol. The Morgan fingerprint density at radius 2 is 2.14 bits per heavy atom. The van der Waals surface area contributed by atoms with Crippen molar-refractivity contribution in [3.8, 4) is 0 Å². The number of carbonyl (C=O) groups is 1. The molecule has 1 atom stereocenters. The van der Waals surface area contributed by atoms with E-state index in [1.807, 2.05) is 16.7 Å². The van der Waals surface area contributed by atoms with Gasteiger partial charge in [0.25, 0.3) is 0 Å². The normalized spacial score (nSPS) is 19.5. The highest BCUT2D eigenvalue weighted by atomic mass is 127. The maximum Gasteiger partial charge on any atom is 0.341 e. The fraction of sp³-hybridized carbons (Fsp3) is 0.333. The molecule has 7 heteroatoms.